The third-order valence-electron chi connectivity index (χ3n) is 7.05. The third-order valence-corrected chi connectivity index (χ3v) is 7.05. The molecule has 0 aromatic heterocycles. The van der Waals surface area contributed by atoms with E-state index in [-0.39, 0.29) is 77.7 Å². The number of carbonyl (C=O) groups is 4. The van der Waals surface area contributed by atoms with Gasteiger partial charge in [0.1, 0.15) is 19.3 Å². The number of hydrogen-bond acceptors (Lipinski definition) is 9. The molecule has 0 radical (unpaired) electrons. The predicted molar refractivity (Wildman–Crippen MR) is 181 cm³/mol. The molecule has 46 heavy (non-hydrogen) atoms. The Morgan fingerprint density at radius 3 is 1.09 bits per heavy atom. The fourth-order valence-electron chi connectivity index (χ4n) is 4.15. The van der Waals surface area contributed by atoms with Gasteiger partial charge in [-0.3, -0.25) is 19.2 Å². The number of aliphatic hydroxyl groups excluding tert-OH is 1. The maximum Gasteiger partial charge on any atom is 0.306 e. The Kier molecular flexibility index (Phi) is 44.3. The molecule has 0 saturated heterocycles. The molecule has 1 N–H and O–H groups in total. The van der Waals surface area contributed by atoms with Gasteiger partial charge in [0, 0.05) is 46.1 Å². The quantitative estimate of drug-likeness (QED) is 0.0275. The van der Waals surface area contributed by atoms with E-state index in [0.29, 0.717) is 32.1 Å². The van der Waals surface area contributed by atoms with Crippen LogP contribution in [0.25, 0.3) is 0 Å². The second kappa shape index (κ2) is 39.7. The maximum absolute atomic E-state index is 11.7. The van der Waals surface area contributed by atoms with Gasteiger partial charge in [0.15, 0.2) is 6.10 Å². The Morgan fingerprint density at radius 1 is 0.478 bits per heavy atom. The first kappa shape index (κ1) is 51.3. The van der Waals surface area contributed by atoms with E-state index in [1.807, 2.05) is 6.92 Å². The van der Waals surface area contributed by atoms with Crippen molar-refractivity contribution in [2.24, 2.45) is 0 Å². The fraction of sp³-hybridized carbons (Fsp3) is 0.861. The topological polar surface area (TPSA) is 125 Å². The van der Waals surface area contributed by atoms with E-state index in [1.165, 1.54) is 0 Å². The molecule has 0 saturated carbocycles. The zero-order valence-electron chi connectivity index (χ0n) is 30.2. The molecule has 0 aliphatic rings. The summed E-state index contributed by atoms with van der Waals surface area (Å²) in [6.45, 7) is 10.2. The van der Waals surface area contributed by atoms with E-state index < -0.39 is 6.10 Å². The second-order valence-corrected chi connectivity index (χ2v) is 11.4. The molecule has 2 atom stereocenters. The smallest absolute Gasteiger partial charge is 0.306 e. The van der Waals surface area contributed by atoms with Crippen LogP contribution in [0.4, 0.5) is 0 Å². The first-order chi connectivity index (χ1) is 21.3. The van der Waals surface area contributed by atoms with Crippen molar-refractivity contribution in [1.29, 1.82) is 0 Å². The first-order valence-electron chi connectivity index (χ1n) is 17.6. The molecule has 0 aromatic rings. The number of carbonyl (C=O) groups excluding carboxylic acids is 4. The Labute approximate surface area is 295 Å². The van der Waals surface area contributed by atoms with Gasteiger partial charge < -0.3 is 31.5 Å². The SMILES string of the molecule is CCCCCCC(=O)OCC(CC)OC(=O)CCCCCC.CCCCCCC(=O)OCC(CO)OC(=O)CCCCCC.[CH3-].[Pd]. The molecule has 10 heteroatoms. The summed E-state index contributed by atoms with van der Waals surface area (Å²) >= 11 is 0. The van der Waals surface area contributed by atoms with Crippen molar-refractivity contribution in [3.05, 3.63) is 7.43 Å². The minimum Gasteiger partial charge on any atom is -0.462 e. The number of unbranched alkanes of at least 4 members (excludes halogenated alkanes) is 12. The predicted octanol–water partition coefficient (Wildman–Crippen LogP) is 8.61. The van der Waals surface area contributed by atoms with Crippen LogP contribution in [0.3, 0.4) is 0 Å². The minimum atomic E-state index is -0.752. The summed E-state index contributed by atoms with van der Waals surface area (Å²) in [4.78, 5) is 46.4. The molecular weight excluding hydrogens is 683 g/mol. The van der Waals surface area contributed by atoms with Gasteiger partial charge in [-0.25, -0.2) is 0 Å². The van der Waals surface area contributed by atoms with Crippen molar-refractivity contribution in [1.82, 2.24) is 0 Å². The molecule has 0 aliphatic heterocycles. The van der Waals surface area contributed by atoms with Crippen molar-refractivity contribution < 1.29 is 63.7 Å². The minimum absolute atomic E-state index is 0. The van der Waals surface area contributed by atoms with Gasteiger partial charge in [-0.05, 0) is 32.1 Å². The Hall–Kier alpha value is -1.50. The summed E-state index contributed by atoms with van der Waals surface area (Å²) in [6, 6.07) is 0. The summed E-state index contributed by atoms with van der Waals surface area (Å²) in [5.74, 6) is -1.00. The molecule has 0 spiro atoms. The average molecular weight is 752 g/mol. The van der Waals surface area contributed by atoms with Gasteiger partial charge in [-0.15, -0.1) is 0 Å². The standard InChI is InChI=1S/C18H34O4.C17H32O5.CH3.Pd/c1-4-7-9-11-13-17(19)21-15-16(6-3)22-18(20)14-12-10-8-5-2;1-3-5-7-9-11-16(19)21-14-15(13-18)22-17(20)12-10-8-6-4-2;;/h16H,4-15H2,1-3H3;15,18H,3-14H2,1-2H3;1H3;/q;;-1;. The fourth-order valence-corrected chi connectivity index (χ4v) is 4.15. The Balaban J connectivity index is -0.000000367. The normalized spacial score (nSPS) is 11.4. The van der Waals surface area contributed by atoms with Gasteiger partial charge >= 0.3 is 23.9 Å². The van der Waals surface area contributed by atoms with E-state index in [1.54, 1.807) is 0 Å². The van der Waals surface area contributed by atoms with Crippen LogP contribution in [0.5, 0.6) is 0 Å². The number of esters is 4. The number of ether oxygens (including phenoxy) is 4. The summed E-state index contributed by atoms with van der Waals surface area (Å²) in [7, 11) is 0. The molecular formula is C36H69O9Pd-. The van der Waals surface area contributed by atoms with E-state index in [2.05, 4.69) is 27.7 Å². The summed E-state index contributed by atoms with van der Waals surface area (Å²) in [5.41, 5.74) is 0. The monoisotopic (exact) mass is 751 g/mol. The molecule has 2 unspecified atom stereocenters. The molecule has 0 rings (SSSR count). The van der Waals surface area contributed by atoms with E-state index in [4.69, 9.17) is 18.9 Å². The Morgan fingerprint density at radius 2 is 0.783 bits per heavy atom. The number of hydrogen-bond donors (Lipinski definition) is 1. The second-order valence-electron chi connectivity index (χ2n) is 11.4. The molecule has 0 bridgehead atoms. The summed E-state index contributed by atoms with van der Waals surface area (Å²) in [5, 5.41) is 9.17. The average Bonchev–Trinajstić information content (AvgIpc) is 3.02. The van der Waals surface area contributed by atoms with Crippen LogP contribution in [0.2, 0.25) is 0 Å². The van der Waals surface area contributed by atoms with Gasteiger partial charge in [-0.1, -0.05) is 112 Å². The van der Waals surface area contributed by atoms with Crippen molar-refractivity contribution in [2.75, 3.05) is 19.8 Å². The zero-order chi connectivity index (χ0) is 33.3. The van der Waals surface area contributed by atoms with Crippen LogP contribution < -0.4 is 0 Å². The van der Waals surface area contributed by atoms with Gasteiger partial charge in [0.2, 0.25) is 0 Å². The van der Waals surface area contributed by atoms with Gasteiger partial charge in [0.25, 0.3) is 0 Å². The van der Waals surface area contributed by atoms with Gasteiger partial charge in [-0.2, -0.15) is 0 Å². The van der Waals surface area contributed by atoms with E-state index in [9.17, 15) is 24.3 Å². The van der Waals surface area contributed by atoms with Crippen molar-refractivity contribution in [3.8, 4) is 0 Å². The summed E-state index contributed by atoms with van der Waals surface area (Å²) < 4.78 is 20.7. The van der Waals surface area contributed by atoms with E-state index in [0.717, 1.165) is 103 Å². The van der Waals surface area contributed by atoms with Crippen LogP contribution in [-0.4, -0.2) is 61.0 Å². The van der Waals surface area contributed by atoms with Crippen LogP contribution in [0, 0.1) is 7.43 Å². The number of aliphatic hydroxyl groups is 1. The van der Waals surface area contributed by atoms with Gasteiger partial charge in [0.05, 0.1) is 6.61 Å². The van der Waals surface area contributed by atoms with Crippen LogP contribution in [0.1, 0.15) is 169 Å². The molecule has 278 valence electrons. The first-order valence-corrected chi connectivity index (χ1v) is 17.6. The number of rotatable bonds is 28. The van der Waals surface area contributed by atoms with Crippen LogP contribution in [-0.2, 0) is 58.5 Å². The summed E-state index contributed by atoms with van der Waals surface area (Å²) in [6.07, 6.45) is 17.8. The molecule has 0 aliphatic carbocycles. The van der Waals surface area contributed by atoms with Crippen molar-refractivity contribution in [2.45, 2.75) is 182 Å². The zero-order valence-corrected chi connectivity index (χ0v) is 31.7. The van der Waals surface area contributed by atoms with Crippen molar-refractivity contribution >= 4 is 23.9 Å². The van der Waals surface area contributed by atoms with E-state index >= 15 is 0 Å². The maximum atomic E-state index is 11.7. The molecule has 0 fully saturated rings. The Bertz CT molecular complexity index is 645. The third kappa shape index (κ3) is 37.0. The van der Waals surface area contributed by atoms with Crippen LogP contribution in [0.15, 0.2) is 0 Å². The molecule has 0 amide bonds. The molecule has 0 aromatic carbocycles. The van der Waals surface area contributed by atoms with Crippen molar-refractivity contribution in [3.63, 3.8) is 0 Å². The molecule has 9 nitrogen and oxygen atoms in total. The molecule has 0 heterocycles. The van der Waals surface area contributed by atoms with Crippen LogP contribution >= 0.6 is 0 Å². The largest absolute Gasteiger partial charge is 0.462 e.